The summed E-state index contributed by atoms with van der Waals surface area (Å²) in [5.41, 5.74) is 1.29. The number of carbonyl (C=O) groups excluding carboxylic acids is 1. The number of halogens is 1. The Morgan fingerprint density at radius 3 is 2.35 bits per heavy atom. The number of carbonyl (C=O) groups is 1. The van der Waals surface area contributed by atoms with Gasteiger partial charge in [-0.3, -0.25) is 4.79 Å². The fourth-order valence-electron chi connectivity index (χ4n) is 1.61. The summed E-state index contributed by atoms with van der Waals surface area (Å²) in [6.45, 7) is 0. The van der Waals surface area contributed by atoms with Gasteiger partial charge in [0, 0.05) is 23.5 Å². The molecule has 2 aromatic rings. The van der Waals surface area contributed by atoms with E-state index in [1.807, 2.05) is 24.3 Å². The predicted octanol–water partition coefficient (Wildman–Crippen LogP) is 3.64. The van der Waals surface area contributed by atoms with E-state index in [-0.39, 0.29) is 11.6 Å². The maximum absolute atomic E-state index is 12.7. The quantitative estimate of drug-likeness (QED) is 0.666. The van der Waals surface area contributed by atoms with Crippen LogP contribution in [0.15, 0.2) is 60.8 Å². The van der Waals surface area contributed by atoms with Gasteiger partial charge in [-0.25, -0.2) is 4.39 Å². The van der Waals surface area contributed by atoms with Crippen molar-refractivity contribution in [1.29, 1.82) is 0 Å². The summed E-state index contributed by atoms with van der Waals surface area (Å²) in [5.74, 6) is 0.217. The van der Waals surface area contributed by atoms with E-state index in [9.17, 15) is 9.18 Å². The number of hydrogen-bond donors (Lipinski definition) is 1. The molecule has 0 saturated heterocycles. The lowest BCUT2D eigenvalue weighted by Gasteiger charge is -2.02. The van der Waals surface area contributed by atoms with Gasteiger partial charge in [0.2, 0.25) is 0 Å². The molecule has 0 spiro atoms. The largest absolute Gasteiger partial charge is 0.497 e. The van der Waals surface area contributed by atoms with Crippen molar-refractivity contribution in [3.05, 3.63) is 72.2 Å². The van der Waals surface area contributed by atoms with Gasteiger partial charge in [0.15, 0.2) is 5.78 Å². The molecule has 102 valence electrons. The summed E-state index contributed by atoms with van der Waals surface area (Å²) >= 11 is 0. The van der Waals surface area contributed by atoms with Crippen molar-refractivity contribution in [1.82, 2.24) is 0 Å². The molecule has 0 bridgehead atoms. The molecule has 1 N–H and O–H groups in total. The van der Waals surface area contributed by atoms with Crippen LogP contribution < -0.4 is 10.1 Å². The van der Waals surface area contributed by atoms with Crippen molar-refractivity contribution < 1.29 is 13.9 Å². The van der Waals surface area contributed by atoms with Crippen molar-refractivity contribution in [2.45, 2.75) is 0 Å². The highest BCUT2D eigenvalue weighted by Crippen LogP contribution is 2.14. The zero-order valence-corrected chi connectivity index (χ0v) is 11.0. The minimum absolute atomic E-state index is 0.189. The van der Waals surface area contributed by atoms with Gasteiger partial charge in [0.05, 0.1) is 7.11 Å². The molecule has 0 amide bonds. The van der Waals surface area contributed by atoms with Crippen LogP contribution in [0, 0.1) is 5.82 Å². The molecule has 3 nitrogen and oxygen atoms in total. The van der Waals surface area contributed by atoms with Gasteiger partial charge in [-0.2, -0.15) is 0 Å². The van der Waals surface area contributed by atoms with Gasteiger partial charge in [-0.1, -0.05) is 0 Å². The van der Waals surface area contributed by atoms with E-state index in [0.29, 0.717) is 5.56 Å². The molecule has 0 aliphatic heterocycles. The van der Waals surface area contributed by atoms with Gasteiger partial charge < -0.3 is 10.1 Å². The minimum atomic E-state index is -0.359. The van der Waals surface area contributed by atoms with E-state index in [4.69, 9.17) is 4.74 Å². The third kappa shape index (κ3) is 3.68. The maximum atomic E-state index is 12.7. The van der Waals surface area contributed by atoms with Crippen molar-refractivity contribution in [3.8, 4) is 5.75 Å². The summed E-state index contributed by atoms with van der Waals surface area (Å²) in [7, 11) is 1.60. The maximum Gasteiger partial charge on any atom is 0.187 e. The summed E-state index contributed by atoms with van der Waals surface area (Å²) in [4.78, 5) is 11.8. The Labute approximate surface area is 116 Å². The average molecular weight is 271 g/mol. The third-order valence-corrected chi connectivity index (χ3v) is 2.70. The number of rotatable bonds is 5. The van der Waals surface area contributed by atoms with E-state index in [2.05, 4.69) is 5.32 Å². The Morgan fingerprint density at radius 2 is 1.75 bits per heavy atom. The average Bonchev–Trinajstić information content (AvgIpc) is 2.48. The second kappa shape index (κ2) is 6.52. The van der Waals surface area contributed by atoms with Crippen molar-refractivity contribution >= 4 is 11.5 Å². The van der Waals surface area contributed by atoms with Crippen LogP contribution in [0.4, 0.5) is 10.1 Å². The Kier molecular flexibility index (Phi) is 4.50. The van der Waals surface area contributed by atoms with Crippen LogP contribution in [0.5, 0.6) is 5.75 Å². The van der Waals surface area contributed by atoms with E-state index in [0.717, 1.165) is 11.4 Å². The van der Waals surface area contributed by atoms with Crippen LogP contribution in [0.3, 0.4) is 0 Å². The number of methoxy groups -OCH3 is 1. The number of benzene rings is 2. The lowest BCUT2D eigenvalue weighted by Crippen LogP contribution is -1.96. The number of ketones is 1. The molecule has 20 heavy (non-hydrogen) atoms. The molecular weight excluding hydrogens is 257 g/mol. The fourth-order valence-corrected chi connectivity index (χ4v) is 1.61. The van der Waals surface area contributed by atoms with E-state index in [1.165, 1.54) is 30.3 Å². The van der Waals surface area contributed by atoms with Gasteiger partial charge in [-0.05, 0) is 48.5 Å². The molecule has 2 rings (SSSR count). The van der Waals surface area contributed by atoms with Crippen LogP contribution in [0.1, 0.15) is 10.4 Å². The Balaban J connectivity index is 1.95. The first kappa shape index (κ1) is 13.8. The molecule has 2 aromatic carbocycles. The number of allylic oxidation sites excluding steroid dienone is 1. The van der Waals surface area contributed by atoms with E-state index >= 15 is 0 Å². The molecule has 4 heteroatoms. The first-order chi connectivity index (χ1) is 9.69. The Bertz CT molecular complexity index is 603. The molecular formula is C16H14FNO2. The van der Waals surface area contributed by atoms with Gasteiger partial charge in [-0.15, -0.1) is 0 Å². The zero-order chi connectivity index (χ0) is 14.4. The molecule has 0 aromatic heterocycles. The molecule has 0 atom stereocenters. The normalized spacial score (nSPS) is 10.5. The summed E-state index contributed by atoms with van der Waals surface area (Å²) < 4.78 is 17.8. The Morgan fingerprint density at radius 1 is 1.10 bits per heavy atom. The molecule has 0 aliphatic carbocycles. The number of ether oxygens (including phenoxy) is 1. The molecule has 0 fully saturated rings. The standard InChI is InChI=1S/C16H14FNO2/c1-20-15-8-6-14(7-9-15)18-11-10-16(19)12-2-4-13(17)5-3-12/h2-11,18H,1H3/b11-10-. The van der Waals surface area contributed by atoms with Crippen molar-refractivity contribution in [2.24, 2.45) is 0 Å². The highest BCUT2D eigenvalue weighted by molar-refractivity contribution is 6.04. The second-order valence-electron chi connectivity index (χ2n) is 4.08. The van der Waals surface area contributed by atoms with Crippen LogP contribution in [-0.4, -0.2) is 12.9 Å². The van der Waals surface area contributed by atoms with Crippen LogP contribution >= 0.6 is 0 Å². The zero-order valence-electron chi connectivity index (χ0n) is 11.0. The molecule has 0 heterocycles. The number of hydrogen-bond acceptors (Lipinski definition) is 3. The van der Waals surface area contributed by atoms with E-state index < -0.39 is 0 Å². The lowest BCUT2D eigenvalue weighted by atomic mass is 10.1. The van der Waals surface area contributed by atoms with Crippen LogP contribution in [0.2, 0.25) is 0 Å². The summed E-state index contributed by atoms with van der Waals surface area (Å²) in [6.07, 6.45) is 2.95. The molecule has 0 unspecified atom stereocenters. The topological polar surface area (TPSA) is 38.3 Å². The summed E-state index contributed by atoms with van der Waals surface area (Å²) in [5, 5.41) is 2.98. The number of anilines is 1. The molecule has 0 radical (unpaired) electrons. The lowest BCUT2D eigenvalue weighted by molar-refractivity contribution is 0.104. The Hall–Kier alpha value is -2.62. The molecule has 0 aliphatic rings. The van der Waals surface area contributed by atoms with Gasteiger partial charge >= 0.3 is 0 Å². The number of nitrogens with one attached hydrogen (secondary N) is 1. The second-order valence-corrected chi connectivity index (χ2v) is 4.08. The smallest absolute Gasteiger partial charge is 0.187 e. The van der Waals surface area contributed by atoms with Crippen LogP contribution in [-0.2, 0) is 0 Å². The van der Waals surface area contributed by atoms with Crippen LogP contribution in [0.25, 0.3) is 0 Å². The van der Waals surface area contributed by atoms with E-state index in [1.54, 1.807) is 13.3 Å². The third-order valence-electron chi connectivity index (χ3n) is 2.70. The first-order valence-corrected chi connectivity index (χ1v) is 6.06. The van der Waals surface area contributed by atoms with Crippen molar-refractivity contribution in [2.75, 3.05) is 12.4 Å². The fraction of sp³-hybridized carbons (Fsp3) is 0.0625. The van der Waals surface area contributed by atoms with Gasteiger partial charge in [0.1, 0.15) is 11.6 Å². The highest BCUT2D eigenvalue weighted by atomic mass is 19.1. The van der Waals surface area contributed by atoms with Crippen molar-refractivity contribution in [3.63, 3.8) is 0 Å². The first-order valence-electron chi connectivity index (χ1n) is 6.06. The minimum Gasteiger partial charge on any atom is -0.497 e. The SMILES string of the molecule is COc1ccc(N/C=C\C(=O)c2ccc(F)cc2)cc1. The monoisotopic (exact) mass is 271 g/mol. The van der Waals surface area contributed by atoms with Gasteiger partial charge in [0.25, 0.3) is 0 Å². The highest BCUT2D eigenvalue weighted by Gasteiger charge is 2.01. The predicted molar refractivity (Wildman–Crippen MR) is 76.5 cm³/mol. The molecule has 0 saturated carbocycles. The summed E-state index contributed by atoms with van der Waals surface area (Å²) in [6, 6.07) is 12.7.